The Balaban J connectivity index is 1.60. The van der Waals surface area contributed by atoms with Crippen LogP contribution in [0.25, 0.3) is 0 Å². The Morgan fingerprint density at radius 2 is 1.68 bits per heavy atom. The molecule has 0 radical (unpaired) electrons. The molecule has 1 aliphatic heterocycles. The molecule has 2 aromatic rings. The minimum Gasteiger partial charge on any atom is -0.272 e. The quantitative estimate of drug-likeness (QED) is 0.616. The van der Waals surface area contributed by atoms with Gasteiger partial charge in [0.1, 0.15) is 6.04 Å². The van der Waals surface area contributed by atoms with Crippen molar-refractivity contribution in [2.75, 3.05) is 12.9 Å². The number of likely N-dealkylation sites (N-methyl/N-ethyl adjacent to an activating group) is 1. The van der Waals surface area contributed by atoms with Gasteiger partial charge >= 0.3 is 0 Å². The van der Waals surface area contributed by atoms with E-state index in [4.69, 9.17) is 0 Å². The number of rotatable bonds is 5. The second kappa shape index (κ2) is 7.22. The summed E-state index contributed by atoms with van der Waals surface area (Å²) in [7, 11) is 1.99. The van der Waals surface area contributed by atoms with Crippen LogP contribution in [0.15, 0.2) is 65.6 Å². The summed E-state index contributed by atoms with van der Waals surface area (Å²) in [4.78, 5) is 13.8. The van der Waals surface area contributed by atoms with Crippen molar-refractivity contribution in [3.8, 4) is 0 Å². The fourth-order valence-electron chi connectivity index (χ4n) is 2.36. The molecule has 22 heavy (non-hydrogen) atoms. The highest BCUT2D eigenvalue weighted by atomic mass is 32.2. The summed E-state index contributed by atoms with van der Waals surface area (Å²) in [5.74, 6) is 0.864. The van der Waals surface area contributed by atoms with Crippen LogP contribution in [0.2, 0.25) is 0 Å². The average molecular weight is 330 g/mol. The Bertz CT molecular complexity index is 621. The fraction of sp³-hybridized carbons (Fsp3) is 0.235. The van der Waals surface area contributed by atoms with Crippen LogP contribution in [0.5, 0.6) is 0 Å². The van der Waals surface area contributed by atoms with Crippen LogP contribution in [0.4, 0.5) is 0 Å². The van der Waals surface area contributed by atoms with Crippen molar-refractivity contribution in [1.29, 1.82) is 0 Å². The highest BCUT2D eigenvalue weighted by Crippen LogP contribution is 2.33. The molecule has 1 amide bonds. The Morgan fingerprint density at radius 1 is 1.05 bits per heavy atom. The third-order valence-corrected chi connectivity index (χ3v) is 5.74. The van der Waals surface area contributed by atoms with Gasteiger partial charge in [-0.1, -0.05) is 48.5 Å². The van der Waals surface area contributed by atoms with E-state index in [0.717, 1.165) is 6.42 Å². The van der Waals surface area contributed by atoms with Crippen molar-refractivity contribution in [3.05, 3.63) is 66.2 Å². The SMILES string of the molecule is CN1SN(CSc2ccccc2)C(=O)C1Cc1ccccc1. The molecule has 1 aliphatic rings. The first-order chi connectivity index (χ1) is 10.7. The molecule has 0 saturated carbocycles. The van der Waals surface area contributed by atoms with Gasteiger partial charge in [0, 0.05) is 24.1 Å². The van der Waals surface area contributed by atoms with Gasteiger partial charge in [0.15, 0.2) is 0 Å². The fourth-order valence-corrected chi connectivity index (χ4v) is 4.25. The van der Waals surface area contributed by atoms with Crippen molar-refractivity contribution in [2.45, 2.75) is 17.4 Å². The van der Waals surface area contributed by atoms with E-state index < -0.39 is 0 Å². The smallest absolute Gasteiger partial charge is 0.252 e. The van der Waals surface area contributed by atoms with Crippen molar-refractivity contribution < 1.29 is 4.79 Å². The molecule has 1 saturated heterocycles. The van der Waals surface area contributed by atoms with Gasteiger partial charge in [0.25, 0.3) is 5.91 Å². The largest absolute Gasteiger partial charge is 0.272 e. The van der Waals surface area contributed by atoms with Crippen LogP contribution in [0, 0.1) is 0 Å². The van der Waals surface area contributed by atoms with Crippen LogP contribution in [0.3, 0.4) is 0 Å². The topological polar surface area (TPSA) is 23.6 Å². The van der Waals surface area contributed by atoms with Crippen LogP contribution in [-0.2, 0) is 11.2 Å². The number of carbonyl (C=O) groups excluding carboxylic acids is 1. The molecular weight excluding hydrogens is 312 g/mol. The van der Waals surface area contributed by atoms with E-state index in [1.54, 1.807) is 11.8 Å². The molecule has 2 aromatic carbocycles. The predicted molar refractivity (Wildman–Crippen MR) is 93.3 cm³/mol. The molecule has 0 N–H and O–H groups in total. The lowest BCUT2D eigenvalue weighted by Gasteiger charge is -2.13. The summed E-state index contributed by atoms with van der Waals surface area (Å²) in [5.41, 5.74) is 1.20. The first kappa shape index (κ1) is 15.5. The number of nitrogens with zero attached hydrogens (tertiary/aromatic N) is 2. The van der Waals surface area contributed by atoms with Gasteiger partial charge in [-0.05, 0) is 24.1 Å². The number of hydrogen-bond acceptors (Lipinski definition) is 4. The maximum absolute atomic E-state index is 12.6. The predicted octanol–water partition coefficient (Wildman–Crippen LogP) is 3.68. The molecule has 0 spiro atoms. The Labute approximate surface area is 140 Å². The normalized spacial score (nSPS) is 18.9. The van der Waals surface area contributed by atoms with Gasteiger partial charge in [-0.2, -0.15) is 0 Å². The maximum atomic E-state index is 12.6. The molecule has 5 heteroatoms. The molecule has 3 nitrogen and oxygen atoms in total. The summed E-state index contributed by atoms with van der Waals surface area (Å²) < 4.78 is 3.91. The summed E-state index contributed by atoms with van der Waals surface area (Å²) in [5, 5.41) is 0. The Kier molecular flexibility index (Phi) is 5.08. The van der Waals surface area contributed by atoms with E-state index in [2.05, 4.69) is 28.6 Å². The molecule has 114 valence electrons. The molecule has 1 heterocycles. The zero-order valence-electron chi connectivity index (χ0n) is 12.4. The Morgan fingerprint density at radius 3 is 2.36 bits per heavy atom. The second-order valence-electron chi connectivity index (χ2n) is 5.14. The van der Waals surface area contributed by atoms with Crippen LogP contribution >= 0.6 is 23.9 Å². The molecular formula is C17H18N2OS2. The molecule has 1 fully saturated rings. The van der Waals surface area contributed by atoms with Gasteiger partial charge in [-0.3, -0.25) is 9.10 Å². The van der Waals surface area contributed by atoms with Crippen LogP contribution < -0.4 is 0 Å². The molecule has 1 unspecified atom stereocenters. The number of hydrogen-bond donors (Lipinski definition) is 0. The second-order valence-corrected chi connectivity index (χ2v) is 7.33. The van der Waals surface area contributed by atoms with Gasteiger partial charge in [0.2, 0.25) is 0 Å². The molecule has 0 aliphatic carbocycles. The standard InChI is InChI=1S/C17H18N2OS2/c1-18-16(12-14-8-4-2-5-9-14)17(20)19(22-18)13-21-15-10-6-3-7-11-15/h2-11,16H,12-13H2,1H3. The van der Waals surface area contributed by atoms with Crippen molar-refractivity contribution in [1.82, 2.24) is 8.61 Å². The van der Waals surface area contributed by atoms with Crippen LogP contribution in [-0.4, -0.2) is 33.5 Å². The molecule has 3 rings (SSSR count). The van der Waals surface area contributed by atoms with Gasteiger partial charge < -0.3 is 0 Å². The van der Waals surface area contributed by atoms with Crippen molar-refractivity contribution in [3.63, 3.8) is 0 Å². The maximum Gasteiger partial charge on any atom is 0.252 e. The zero-order valence-corrected chi connectivity index (χ0v) is 14.0. The van der Waals surface area contributed by atoms with E-state index in [9.17, 15) is 4.79 Å². The third kappa shape index (κ3) is 3.66. The first-order valence-corrected chi connectivity index (χ1v) is 8.90. The van der Waals surface area contributed by atoms with E-state index in [-0.39, 0.29) is 11.9 Å². The average Bonchev–Trinajstić information content (AvgIpc) is 2.82. The summed E-state index contributed by atoms with van der Waals surface area (Å²) in [6.07, 6.45) is 0.760. The number of thioether (sulfide) groups is 1. The first-order valence-electron chi connectivity index (χ1n) is 7.18. The molecule has 0 bridgehead atoms. The summed E-state index contributed by atoms with van der Waals surface area (Å²) in [6.45, 7) is 0. The van der Waals surface area contributed by atoms with Gasteiger partial charge in [0.05, 0.1) is 5.88 Å². The van der Waals surface area contributed by atoms with Gasteiger partial charge in [-0.15, -0.1) is 11.8 Å². The lowest BCUT2D eigenvalue weighted by molar-refractivity contribution is -0.127. The number of amides is 1. The highest BCUT2D eigenvalue weighted by Gasteiger charge is 2.37. The summed E-state index contributed by atoms with van der Waals surface area (Å²) >= 11 is 3.21. The highest BCUT2D eigenvalue weighted by molar-refractivity contribution is 8.01. The van der Waals surface area contributed by atoms with E-state index in [1.165, 1.54) is 22.6 Å². The van der Waals surface area contributed by atoms with E-state index in [0.29, 0.717) is 5.88 Å². The third-order valence-electron chi connectivity index (χ3n) is 3.56. The van der Waals surface area contributed by atoms with E-state index in [1.807, 2.05) is 47.8 Å². The number of benzene rings is 2. The minimum absolute atomic E-state index is 0.0798. The van der Waals surface area contributed by atoms with E-state index >= 15 is 0 Å². The number of carbonyl (C=O) groups is 1. The molecule has 1 atom stereocenters. The monoisotopic (exact) mass is 330 g/mol. The zero-order chi connectivity index (χ0) is 15.4. The van der Waals surface area contributed by atoms with Crippen molar-refractivity contribution >= 4 is 29.8 Å². The molecule has 0 aromatic heterocycles. The lowest BCUT2D eigenvalue weighted by Crippen LogP contribution is -2.33. The lowest BCUT2D eigenvalue weighted by atomic mass is 10.1. The Hall–Kier alpha value is -1.43. The van der Waals surface area contributed by atoms with Crippen LogP contribution in [0.1, 0.15) is 5.56 Å². The minimum atomic E-state index is -0.0798. The van der Waals surface area contributed by atoms with Gasteiger partial charge in [-0.25, -0.2) is 4.31 Å². The summed E-state index contributed by atoms with van der Waals surface area (Å²) in [6, 6.07) is 20.3. The van der Waals surface area contributed by atoms with Crippen molar-refractivity contribution in [2.24, 2.45) is 0 Å².